The summed E-state index contributed by atoms with van der Waals surface area (Å²) in [6, 6.07) is 0.181. The van der Waals surface area contributed by atoms with E-state index in [1.807, 2.05) is 0 Å². The molecule has 0 radical (unpaired) electrons. The summed E-state index contributed by atoms with van der Waals surface area (Å²) in [7, 11) is -0.718. The van der Waals surface area contributed by atoms with Gasteiger partial charge in [-0.15, -0.1) is 0 Å². The van der Waals surface area contributed by atoms with Gasteiger partial charge in [0.25, 0.3) is 0 Å². The molecule has 3 heteroatoms. The van der Waals surface area contributed by atoms with Crippen LogP contribution in [0.3, 0.4) is 0 Å². The molecule has 110 valence electrons. The van der Waals surface area contributed by atoms with Crippen molar-refractivity contribution in [3.05, 3.63) is 0 Å². The Morgan fingerprint density at radius 1 is 1.05 bits per heavy atom. The van der Waals surface area contributed by atoms with Gasteiger partial charge in [0.2, 0.25) is 0 Å². The molecule has 2 N–H and O–H groups in total. The quantitative estimate of drug-likeness (QED) is 0.843. The lowest BCUT2D eigenvalue weighted by Crippen LogP contribution is -2.56. The van der Waals surface area contributed by atoms with Gasteiger partial charge in [0.1, 0.15) is 0 Å². The van der Waals surface area contributed by atoms with E-state index in [4.69, 9.17) is 5.73 Å². The van der Waals surface area contributed by atoms with Crippen molar-refractivity contribution in [2.75, 3.05) is 11.5 Å². The van der Waals surface area contributed by atoms with Crippen molar-refractivity contribution in [1.82, 2.24) is 0 Å². The van der Waals surface area contributed by atoms with Crippen LogP contribution < -0.4 is 5.73 Å². The lowest BCUT2D eigenvalue weighted by Gasteiger charge is -2.59. The normalized spacial score (nSPS) is 43.7. The molecule has 4 rings (SSSR count). The minimum Gasteiger partial charge on any atom is -0.326 e. The summed E-state index contributed by atoms with van der Waals surface area (Å²) in [5.74, 6) is 4.90. The van der Waals surface area contributed by atoms with Crippen LogP contribution in [0.4, 0.5) is 0 Å². The van der Waals surface area contributed by atoms with Crippen LogP contribution >= 0.6 is 0 Å². The molecule has 2 unspecified atom stereocenters. The molecule has 19 heavy (non-hydrogen) atoms. The second-order valence-corrected chi connectivity index (χ2v) is 9.60. The molecule has 0 aromatic rings. The summed E-state index contributed by atoms with van der Waals surface area (Å²) in [5, 5.41) is 0. The summed E-state index contributed by atoms with van der Waals surface area (Å²) in [5.41, 5.74) is 6.92. The molecule has 0 spiro atoms. The van der Waals surface area contributed by atoms with E-state index in [1.54, 1.807) is 0 Å². The Balaban J connectivity index is 1.66. The average Bonchev–Trinajstić information content (AvgIpc) is 2.25. The van der Waals surface area contributed by atoms with Crippen molar-refractivity contribution in [2.24, 2.45) is 34.8 Å². The topological polar surface area (TPSA) is 43.1 Å². The van der Waals surface area contributed by atoms with E-state index in [-0.39, 0.29) is 6.04 Å². The molecule has 0 saturated heterocycles. The SMILES string of the molecule is CC(C)CS(=O)CC(N)C12CC3CC(CC(C3)C1)C2. The van der Waals surface area contributed by atoms with E-state index < -0.39 is 10.8 Å². The molecular weight excluding hydrogens is 254 g/mol. The number of hydrogen-bond donors (Lipinski definition) is 1. The third-order valence-corrected chi connectivity index (χ3v) is 7.53. The van der Waals surface area contributed by atoms with Crippen LogP contribution in [-0.2, 0) is 10.8 Å². The van der Waals surface area contributed by atoms with Gasteiger partial charge < -0.3 is 5.73 Å². The van der Waals surface area contributed by atoms with Gasteiger partial charge in [0.15, 0.2) is 0 Å². The predicted molar refractivity (Wildman–Crippen MR) is 81.3 cm³/mol. The van der Waals surface area contributed by atoms with Crippen LogP contribution in [0.2, 0.25) is 0 Å². The zero-order chi connectivity index (χ0) is 13.6. The summed E-state index contributed by atoms with van der Waals surface area (Å²) >= 11 is 0. The van der Waals surface area contributed by atoms with Crippen LogP contribution in [0.5, 0.6) is 0 Å². The molecule has 0 aliphatic heterocycles. The molecule has 4 aliphatic carbocycles. The molecule has 4 aliphatic rings. The number of hydrogen-bond acceptors (Lipinski definition) is 2. The Morgan fingerprint density at radius 3 is 1.95 bits per heavy atom. The van der Waals surface area contributed by atoms with Gasteiger partial charge in [0, 0.05) is 28.3 Å². The highest BCUT2D eigenvalue weighted by molar-refractivity contribution is 7.85. The second-order valence-electron chi connectivity index (χ2n) is 8.05. The first-order chi connectivity index (χ1) is 8.97. The van der Waals surface area contributed by atoms with Crippen molar-refractivity contribution >= 4 is 10.8 Å². The Bertz CT molecular complexity index is 330. The monoisotopic (exact) mass is 283 g/mol. The highest BCUT2D eigenvalue weighted by Gasteiger charge is 2.53. The maximum absolute atomic E-state index is 12.2. The predicted octanol–water partition coefficient (Wildman–Crippen LogP) is 2.93. The van der Waals surface area contributed by atoms with Gasteiger partial charge in [-0.05, 0) is 67.6 Å². The lowest BCUT2D eigenvalue weighted by molar-refractivity contribution is -0.0630. The minimum atomic E-state index is -0.718. The molecule has 0 heterocycles. The van der Waals surface area contributed by atoms with E-state index in [0.717, 1.165) is 29.3 Å². The second kappa shape index (κ2) is 5.14. The summed E-state index contributed by atoms with van der Waals surface area (Å²) in [4.78, 5) is 0. The fourth-order valence-electron chi connectivity index (χ4n) is 5.45. The first kappa shape index (κ1) is 14.1. The van der Waals surface area contributed by atoms with Crippen LogP contribution in [0.15, 0.2) is 0 Å². The first-order valence-electron chi connectivity index (χ1n) is 8.07. The van der Waals surface area contributed by atoms with Gasteiger partial charge >= 0.3 is 0 Å². The number of nitrogens with two attached hydrogens (primary N) is 1. The van der Waals surface area contributed by atoms with Crippen LogP contribution in [0, 0.1) is 29.1 Å². The Morgan fingerprint density at radius 2 is 1.53 bits per heavy atom. The third kappa shape index (κ3) is 2.78. The van der Waals surface area contributed by atoms with E-state index in [0.29, 0.717) is 11.3 Å². The Kier molecular flexibility index (Phi) is 3.81. The number of rotatable bonds is 5. The van der Waals surface area contributed by atoms with Gasteiger partial charge in [-0.2, -0.15) is 0 Å². The van der Waals surface area contributed by atoms with Gasteiger partial charge in [0.05, 0.1) is 0 Å². The highest BCUT2D eigenvalue weighted by Crippen LogP contribution is 2.61. The molecular formula is C16H29NOS. The minimum absolute atomic E-state index is 0.181. The molecule has 0 aromatic carbocycles. The fourth-order valence-corrected chi connectivity index (χ4v) is 7.08. The molecule has 2 nitrogen and oxygen atoms in total. The molecule has 2 atom stereocenters. The molecule has 4 bridgehead atoms. The van der Waals surface area contributed by atoms with Crippen LogP contribution in [0.25, 0.3) is 0 Å². The zero-order valence-corrected chi connectivity index (χ0v) is 13.3. The highest BCUT2D eigenvalue weighted by atomic mass is 32.2. The van der Waals surface area contributed by atoms with Crippen LogP contribution in [-0.4, -0.2) is 21.8 Å². The third-order valence-electron chi connectivity index (χ3n) is 5.76. The maximum Gasteiger partial charge on any atom is 0.0392 e. The summed E-state index contributed by atoms with van der Waals surface area (Å²) in [6.45, 7) is 4.29. The fraction of sp³-hybridized carbons (Fsp3) is 1.00. The summed E-state index contributed by atoms with van der Waals surface area (Å²) < 4.78 is 12.2. The van der Waals surface area contributed by atoms with Gasteiger partial charge in [-0.3, -0.25) is 4.21 Å². The summed E-state index contributed by atoms with van der Waals surface area (Å²) in [6.07, 6.45) is 8.38. The van der Waals surface area contributed by atoms with Gasteiger partial charge in [-0.25, -0.2) is 0 Å². The van der Waals surface area contributed by atoms with Crippen molar-refractivity contribution in [2.45, 2.75) is 58.4 Å². The van der Waals surface area contributed by atoms with Crippen molar-refractivity contribution in [3.63, 3.8) is 0 Å². The molecule has 0 amide bonds. The standard InChI is InChI=1S/C16H29NOS/c1-11(2)9-19(18)10-15(17)16-6-12-3-13(7-16)5-14(4-12)8-16/h11-15H,3-10,17H2,1-2H3. The molecule has 0 aromatic heterocycles. The first-order valence-corrected chi connectivity index (χ1v) is 9.56. The largest absolute Gasteiger partial charge is 0.326 e. The van der Waals surface area contributed by atoms with Crippen LogP contribution in [0.1, 0.15) is 52.4 Å². The Labute approximate surface area is 120 Å². The van der Waals surface area contributed by atoms with Crippen molar-refractivity contribution in [3.8, 4) is 0 Å². The molecule has 4 saturated carbocycles. The zero-order valence-electron chi connectivity index (χ0n) is 12.4. The average molecular weight is 283 g/mol. The Hall–Kier alpha value is 0.110. The van der Waals surface area contributed by atoms with Crippen molar-refractivity contribution < 1.29 is 4.21 Å². The lowest BCUT2D eigenvalue weighted by atomic mass is 9.48. The molecule has 4 fully saturated rings. The van der Waals surface area contributed by atoms with Gasteiger partial charge in [-0.1, -0.05) is 13.8 Å². The van der Waals surface area contributed by atoms with E-state index in [1.165, 1.54) is 38.5 Å². The van der Waals surface area contributed by atoms with E-state index in [2.05, 4.69) is 13.8 Å². The van der Waals surface area contributed by atoms with E-state index >= 15 is 0 Å². The van der Waals surface area contributed by atoms with E-state index in [9.17, 15) is 4.21 Å². The smallest absolute Gasteiger partial charge is 0.0392 e. The maximum atomic E-state index is 12.2. The van der Waals surface area contributed by atoms with Crippen molar-refractivity contribution in [1.29, 1.82) is 0 Å².